The number of hydrogen-bond acceptors (Lipinski definition) is 6. The van der Waals surface area contributed by atoms with E-state index in [2.05, 4.69) is 20.3 Å². The second-order valence-corrected chi connectivity index (χ2v) is 6.01. The summed E-state index contributed by atoms with van der Waals surface area (Å²) in [5.74, 6) is 0.902. The topological polar surface area (TPSA) is 86.7 Å². The second kappa shape index (κ2) is 6.51. The quantitative estimate of drug-likeness (QED) is 0.512. The van der Waals surface area contributed by atoms with Crippen molar-refractivity contribution in [2.45, 2.75) is 26.3 Å². The number of nitrogens with zero attached hydrogens (tertiary/aromatic N) is 5. The molecule has 7 heteroatoms. The molecule has 1 atom stereocenters. The Hall–Kier alpha value is -3.35. The number of para-hydroxylation sites is 1. The number of hydrogen-bond donors (Lipinski definition) is 0. The van der Waals surface area contributed by atoms with Crippen LogP contribution in [0.3, 0.4) is 0 Å². The lowest BCUT2D eigenvalue weighted by atomic mass is 10.1. The molecule has 0 fully saturated rings. The van der Waals surface area contributed by atoms with E-state index in [-0.39, 0.29) is 11.8 Å². The molecule has 7 nitrogen and oxygen atoms in total. The molecule has 0 unspecified atom stereocenters. The van der Waals surface area contributed by atoms with Gasteiger partial charge < -0.3 is 9.09 Å². The van der Waals surface area contributed by atoms with Gasteiger partial charge in [0.15, 0.2) is 5.78 Å². The molecule has 0 spiro atoms. The molecular formula is C19H17N5O2. The van der Waals surface area contributed by atoms with E-state index in [1.165, 1.54) is 0 Å². The Balaban J connectivity index is 1.81. The van der Waals surface area contributed by atoms with Gasteiger partial charge in [0.1, 0.15) is 11.7 Å². The lowest BCUT2D eigenvalue weighted by molar-refractivity contribution is 0.101. The number of benzene rings is 1. The van der Waals surface area contributed by atoms with Crippen molar-refractivity contribution >= 4 is 16.7 Å². The Bertz CT molecular complexity index is 1070. The molecule has 0 radical (unpaired) electrons. The molecule has 3 heterocycles. The molecule has 4 rings (SSSR count). The molecule has 130 valence electrons. The van der Waals surface area contributed by atoms with Crippen molar-refractivity contribution < 1.29 is 9.32 Å². The largest absolute Gasteiger partial charge is 0.337 e. The van der Waals surface area contributed by atoms with Gasteiger partial charge in [0, 0.05) is 28.9 Å². The van der Waals surface area contributed by atoms with Gasteiger partial charge in [0.25, 0.3) is 0 Å². The molecule has 0 aliphatic rings. The van der Waals surface area contributed by atoms with Crippen LogP contribution in [-0.2, 0) is 0 Å². The van der Waals surface area contributed by atoms with Crippen LogP contribution in [0.25, 0.3) is 22.4 Å². The number of ketones is 1. The third-order valence-corrected chi connectivity index (χ3v) is 4.37. The summed E-state index contributed by atoms with van der Waals surface area (Å²) in [4.78, 5) is 16.5. The summed E-state index contributed by atoms with van der Waals surface area (Å²) in [5.41, 5.74) is 2.20. The first-order valence-corrected chi connectivity index (χ1v) is 8.41. The summed E-state index contributed by atoms with van der Waals surface area (Å²) in [6, 6.07) is 11.2. The summed E-state index contributed by atoms with van der Waals surface area (Å²) in [5, 5.41) is 12.8. The first-order chi connectivity index (χ1) is 12.7. The minimum absolute atomic E-state index is 0.0283. The molecule has 0 aliphatic carbocycles. The van der Waals surface area contributed by atoms with Crippen LogP contribution in [-0.4, -0.2) is 30.7 Å². The zero-order valence-electron chi connectivity index (χ0n) is 14.5. The van der Waals surface area contributed by atoms with Gasteiger partial charge in [-0.05, 0) is 31.5 Å². The van der Waals surface area contributed by atoms with Gasteiger partial charge in [-0.1, -0.05) is 30.3 Å². The van der Waals surface area contributed by atoms with Crippen molar-refractivity contribution in [3.8, 4) is 11.5 Å². The van der Waals surface area contributed by atoms with Crippen molar-refractivity contribution in [2.75, 3.05) is 0 Å². The fourth-order valence-corrected chi connectivity index (χ4v) is 3.13. The lowest BCUT2D eigenvalue weighted by Gasteiger charge is -2.14. The number of Topliss-reactive ketones (excluding diaryl/α,β-unsaturated/α-hetero) is 1. The molecule has 26 heavy (non-hydrogen) atoms. The Morgan fingerprint density at radius 1 is 1.23 bits per heavy atom. The van der Waals surface area contributed by atoms with Crippen LogP contribution in [0, 0.1) is 0 Å². The van der Waals surface area contributed by atoms with Gasteiger partial charge in [0.2, 0.25) is 11.7 Å². The highest BCUT2D eigenvalue weighted by atomic mass is 16.5. The molecule has 0 bridgehead atoms. The summed E-state index contributed by atoms with van der Waals surface area (Å²) in [6.45, 7) is 3.62. The van der Waals surface area contributed by atoms with E-state index in [0.717, 1.165) is 17.3 Å². The summed E-state index contributed by atoms with van der Waals surface area (Å²) >= 11 is 0. The van der Waals surface area contributed by atoms with E-state index < -0.39 is 0 Å². The maximum Gasteiger partial charge on any atom is 0.250 e. The minimum atomic E-state index is -0.175. The number of carbonyl (C=O) groups is 1. The van der Waals surface area contributed by atoms with Crippen LogP contribution in [0.15, 0.2) is 53.3 Å². The normalized spacial score (nSPS) is 12.4. The highest BCUT2D eigenvalue weighted by Gasteiger charge is 2.23. The van der Waals surface area contributed by atoms with Crippen LogP contribution < -0.4 is 0 Å². The summed E-state index contributed by atoms with van der Waals surface area (Å²) < 4.78 is 7.54. The van der Waals surface area contributed by atoms with Gasteiger partial charge in [-0.15, -0.1) is 5.10 Å². The SMILES string of the molecule is CC[C@@H](c1nc(-c2cccnn2)no1)n1cc(C(C)=O)c2ccccc21. The van der Waals surface area contributed by atoms with E-state index >= 15 is 0 Å². The van der Waals surface area contributed by atoms with E-state index in [9.17, 15) is 4.79 Å². The van der Waals surface area contributed by atoms with E-state index in [1.807, 2.05) is 42.0 Å². The predicted molar refractivity (Wildman–Crippen MR) is 95.7 cm³/mol. The molecule has 0 saturated carbocycles. The monoisotopic (exact) mass is 347 g/mol. The van der Waals surface area contributed by atoms with Crippen molar-refractivity contribution in [1.82, 2.24) is 24.9 Å². The molecular weight excluding hydrogens is 330 g/mol. The van der Waals surface area contributed by atoms with Crippen molar-refractivity contribution in [3.63, 3.8) is 0 Å². The Labute approximate surface area is 149 Å². The standard InChI is InChI=1S/C19H17N5O2/c1-3-16(19-21-18(23-26-19)15-8-6-10-20-22-15)24-11-14(12(2)25)13-7-4-5-9-17(13)24/h4-11,16H,3H2,1-2H3/t16-/m0/s1. The highest BCUT2D eigenvalue weighted by Crippen LogP contribution is 2.30. The molecule has 0 aliphatic heterocycles. The Kier molecular flexibility index (Phi) is 4.04. The maximum absolute atomic E-state index is 12.0. The van der Waals surface area contributed by atoms with Crippen molar-refractivity contribution in [1.29, 1.82) is 0 Å². The summed E-state index contributed by atoms with van der Waals surface area (Å²) in [6.07, 6.45) is 4.19. The van der Waals surface area contributed by atoms with Gasteiger partial charge in [0.05, 0.1) is 0 Å². The van der Waals surface area contributed by atoms with Crippen LogP contribution >= 0.6 is 0 Å². The highest BCUT2D eigenvalue weighted by molar-refractivity contribution is 6.07. The number of aromatic nitrogens is 5. The number of rotatable bonds is 5. The van der Waals surface area contributed by atoms with Crippen LogP contribution in [0.1, 0.15) is 42.6 Å². The van der Waals surface area contributed by atoms with Gasteiger partial charge in [-0.25, -0.2) is 0 Å². The van der Waals surface area contributed by atoms with Crippen molar-refractivity contribution in [2.24, 2.45) is 0 Å². The van der Waals surface area contributed by atoms with E-state index in [0.29, 0.717) is 23.0 Å². The van der Waals surface area contributed by atoms with Crippen LogP contribution in [0.5, 0.6) is 0 Å². The van der Waals surface area contributed by atoms with Gasteiger partial charge in [-0.3, -0.25) is 4.79 Å². The van der Waals surface area contributed by atoms with Crippen molar-refractivity contribution in [3.05, 3.63) is 60.2 Å². The zero-order chi connectivity index (χ0) is 18.1. The van der Waals surface area contributed by atoms with Crippen LogP contribution in [0.2, 0.25) is 0 Å². The smallest absolute Gasteiger partial charge is 0.250 e. The molecule has 0 N–H and O–H groups in total. The second-order valence-electron chi connectivity index (χ2n) is 6.01. The lowest BCUT2D eigenvalue weighted by Crippen LogP contribution is -2.09. The average Bonchev–Trinajstić information content (AvgIpc) is 3.29. The first kappa shape index (κ1) is 16.1. The number of fused-ring (bicyclic) bond motifs is 1. The molecule has 0 saturated heterocycles. The molecule has 4 aromatic rings. The van der Waals surface area contributed by atoms with Crippen LogP contribution in [0.4, 0.5) is 0 Å². The minimum Gasteiger partial charge on any atom is -0.337 e. The average molecular weight is 347 g/mol. The molecule has 0 amide bonds. The Morgan fingerprint density at radius 2 is 2.08 bits per heavy atom. The third kappa shape index (κ3) is 2.67. The summed E-state index contributed by atoms with van der Waals surface area (Å²) in [7, 11) is 0. The third-order valence-electron chi connectivity index (χ3n) is 4.37. The van der Waals surface area contributed by atoms with Gasteiger partial charge >= 0.3 is 0 Å². The fourth-order valence-electron chi connectivity index (χ4n) is 3.13. The Morgan fingerprint density at radius 3 is 2.81 bits per heavy atom. The predicted octanol–water partition coefficient (Wildman–Crippen LogP) is 3.68. The zero-order valence-corrected chi connectivity index (χ0v) is 14.5. The van der Waals surface area contributed by atoms with E-state index in [1.54, 1.807) is 25.3 Å². The molecule has 1 aromatic carbocycles. The molecule has 3 aromatic heterocycles. The fraction of sp³-hybridized carbons (Fsp3) is 0.211. The number of carbonyl (C=O) groups excluding carboxylic acids is 1. The first-order valence-electron chi connectivity index (χ1n) is 8.41. The van der Waals surface area contributed by atoms with Gasteiger partial charge in [-0.2, -0.15) is 10.1 Å². The van der Waals surface area contributed by atoms with E-state index in [4.69, 9.17) is 4.52 Å². The maximum atomic E-state index is 12.0.